The molecule has 0 radical (unpaired) electrons. The molecule has 2 aromatic carbocycles. The molecule has 0 aliphatic rings. The van der Waals surface area contributed by atoms with Gasteiger partial charge in [-0.2, -0.15) is 0 Å². The minimum atomic E-state index is -0.439. The van der Waals surface area contributed by atoms with Crippen LogP contribution in [-0.4, -0.2) is 0 Å². The van der Waals surface area contributed by atoms with E-state index in [1.165, 1.54) is 0 Å². The molecule has 2 rings (SSSR count). The Bertz CT molecular complexity index is 508. The van der Waals surface area contributed by atoms with Crippen molar-refractivity contribution in [2.45, 2.75) is 27.2 Å². The van der Waals surface area contributed by atoms with Crippen LogP contribution < -0.4 is 0 Å². The Balaban J connectivity index is 2.42. The van der Waals surface area contributed by atoms with E-state index in [4.69, 9.17) is 0 Å². The number of rotatable bonds is 3. The molecule has 0 unspecified atom stereocenters. The van der Waals surface area contributed by atoms with Crippen LogP contribution in [0.25, 0.3) is 11.1 Å². The van der Waals surface area contributed by atoms with Crippen LogP contribution in [0.4, 0.5) is 8.78 Å². The average Bonchev–Trinajstić information content (AvgIpc) is 2.38. The van der Waals surface area contributed by atoms with E-state index in [1.807, 2.05) is 50.2 Å². The van der Waals surface area contributed by atoms with Crippen LogP contribution in [-0.2, 0) is 13.3 Å². The van der Waals surface area contributed by atoms with E-state index in [0.717, 1.165) is 33.4 Å². The van der Waals surface area contributed by atoms with Crippen molar-refractivity contribution in [3.63, 3.8) is 0 Å². The van der Waals surface area contributed by atoms with Gasteiger partial charge < -0.3 is 0 Å². The van der Waals surface area contributed by atoms with Crippen LogP contribution in [0.5, 0.6) is 0 Å². The van der Waals surface area contributed by atoms with E-state index in [2.05, 4.69) is 0 Å². The summed E-state index contributed by atoms with van der Waals surface area (Å²) in [6.07, 6.45) is 0. The third kappa shape index (κ3) is 2.42. The lowest BCUT2D eigenvalue weighted by atomic mass is 9.97. The van der Waals surface area contributed by atoms with Gasteiger partial charge in [-0.25, -0.2) is 8.78 Å². The predicted octanol–water partition coefficient (Wildman–Crippen LogP) is 4.91. The summed E-state index contributed by atoms with van der Waals surface area (Å²) in [4.78, 5) is 0. The molecule has 18 heavy (non-hydrogen) atoms. The van der Waals surface area contributed by atoms with Gasteiger partial charge in [-0.1, -0.05) is 36.4 Å². The fourth-order valence-corrected chi connectivity index (χ4v) is 2.05. The lowest BCUT2D eigenvalue weighted by molar-refractivity contribution is 0.483. The lowest BCUT2D eigenvalue weighted by Crippen LogP contribution is -1.89. The second kappa shape index (κ2) is 5.30. The van der Waals surface area contributed by atoms with Gasteiger partial charge in [0.05, 0.1) is 0 Å². The summed E-state index contributed by atoms with van der Waals surface area (Å²) in [5.74, 6) is 0. The SMILES string of the molecule is Cc1cc(-c2ccc(CF)c(C)c2)ccc1CF. The summed E-state index contributed by atoms with van der Waals surface area (Å²) in [5, 5.41) is 0. The monoisotopic (exact) mass is 246 g/mol. The topological polar surface area (TPSA) is 0 Å². The summed E-state index contributed by atoms with van der Waals surface area (Å²) >= 11 is 0. The summed E-state index contributed by atoms with van der Waals surface area (Å²) in [5.41, 5.74) is 5.41. The Morgan fingerprint density at radius 3 is 1.39 bits per heavy atom. The van der Waals surface area contributed by atoms with Crippen molar-refractivity contribution < 1.29 is 8.78 Å². The molecule has 0 bridgehead atoms. The smallest absolute Gasteiger partial charge is 0.115 e. The van der Waals surface area contributed by atoms with E-state index in [-0.39, 0.29) is 0 Å². The zero-order chi connectivity index (χ0) is 13.1. The normalized spacial score (nSPS) is 10.7. The van der Waals surface area contributed by atoms with Crippen molar-refractivity contribution in [3.05, 3.63) is 58.7 Å². The molecule has 94 valence electrons. The van der Waals surface area contributed by atoms with E-state index >= 15 is 0 Å². The molecule has 0 heterocycles. The molecule has 0 aromatic heterocycles. The maximum absolute atomic E-state index is 12.6. The van der Waals surface area contributed by atoms with Crippen molar-refractivity contribution in [1.82, 2.24) is 0 Å². The summed E-state index contributed by atoms with van der Waals surface area (Å²) < 4.78 is 25.3. The molecular formula is C16H16F2. The van der Waals surface area contributed by atoms with Crippen LogP contribution in [0, 0.1) is 13.8 Å². The molecule has 0 saturated carbocycles. The van der Waals surface area contributed by atoms with E-state index in [9.17, 15) is 8.78 Å². The molecule has 2 heteroatoms. The molecule has 0 spiro atoms. The van der Waals surface area contributed by atoms with Gasteiger partial charge >= 0.3 is 0 Å². The molecule has 0 aliphatic carbocycles. The molecule has 0 saturated heterocycles. The number of benzene rings is 2. The summed E-state index contributed by atoms with van der Waals surface area (Å²) in [6, 6.07) is 11.4. The summed E-state index contributed by atoms with van der Waals surface area (Å²) in [7, 11) is 0. The lowest BCUT2D eigenvalue weighted by Gasteiger charge is -2.09. The van der Waals surface area contributed by atoms with Crippen molar-refractivity contribution in [3.8, 4) is 11.1 Å². The molecule has 2 aromatic rings. The Hall–Kier alpha value is -1.70. The van der Waals surface area contributed by atoms with Gasteiger partial charge in [0.1, 0.15) is 13.3 Å². The summed E-state index contributed by atoms with van der Waals surface area (Å²) in [6.45, 7) is 2.93. The Labute approximate surface area is 106 Å². The van der Waals surface area contributed by atoms with Crippen molar-refractivity contribution >= 4 is 0 Å². The van der Waals surface area contributed by atoms with Gasteiger partial charge in [0.2, 0.25) is 0 Å². The zero-order valence-electron chi connectivity index (χ0n) is 10.6. The van der Waals surface area contributed by atoms with Gasteiger partial charge in [0.15, 0.2) is 0 Å². The van der Waals surface area contributed by atoms with E-state index in [1.54, 1.807) is 0 Å². The highest BCUT2D eigenvalue weighted by Crippen LogP contribution is 2.25. The van der Waals surface area contributed by atoms with Gasteiger partial charge in [0, 0.05) is 0 Å². The first-order valence-corrected chi connectivity index (χ1v) is 5.97. The number of alkyl halides is 2. The van der Waals surface area contributed by atoms with Gasteiger partial charge in [-0.05, 0) is 47.2 Å². The van der Waals surface area contributed by atoms with Crippen LogP contribution in [0.2, 0.25) is 0 Å². The number of aryl methyl sites for hydroxylation is 2. The quantitative estimate of drug-likeness (QED) is 0.721. The minimum Gasteiger partial charge on any atom is -0.246 e. The van der Waals surface area contributed by atoms with Crippen molar-refractivity contribution in [2.24, 2.45) is 0 Å². The Morgan fingerprint density at radius 1 is 0.722 bits per heavy atom. The highest BCUT2D eigenvalue weighted by molar-refractivity contribution is 5.66. The molecule has 0 fully saturated rings. The van der Waals surface area contributed by atoms with Gasteiger partial charge in [-0.3, -0.25) is 0 Å². The molecule has 0 nitrogen and oxygen atoms in total. The molecule has 0 atom stereocenters. The zero-order valence-corrected chi connectivity index (χ0v) is 10.6. The largest absolute Gasteiger partial charge is 0.246 e. The fraction of sp³-hybridized carbons (Fsp3) is 0.250. The van der Waals surface area contributed by atoms with Crippen molar-refractivity contribution in [1.29, 1.82) is 0 Å². The predicted molar refractivity (Wildman–Crippen MR) is 71.0 cm³/mol. The highest BCUT2D eigenvalue weighted by atomic mass is 19.1. The van der Waals surface area contributed by atoms with Crippen LogP contribution in [0.15, 0.2) is 36.4 Å². The van der Waals surface area contributed by atoms with Crippen LogP contribution in [0.3, 0.4) is 0 Å². The number of hydrogen-bond donors (Lipinski definition) is 0. The van der Waals surface area contributed by atoms with E-state index in [0.29, 0.717) is 0 Å². The molecular weight excluding hydrogens is 230 g/mol. The molecule has 0 aliphatic heterocycles. The van der Waals surface area contributed by atoms with Crippen molar-refractivity contribution in [2.75, 3.05) is 0 Å². The Kier molecular flexibility index (Phi) is 3.75. The molecule has 0 amide bonds. The fourth-order valence-electron chi connectivity index (χ4n) is 2.05. The second-order valence-electron chi connectivity index (χ2n) is 4.55. The maximum atomic E-state index is 12.6. The second-order valence-corrected chi connectivity index (χ2v) is 4.55. The van der Waals surface area contributed by atoms with Crippen LogP contribution in [0.1, 0.15) is 22.3 Å². The van der Waals surface area contributed by atoms with Gasteiger partial charge in [0.25, 0.3) is 0 Å². The molecule has 0 N–H and O–H groups in total. The number of hydrogen-bond acceptors (Lipinski definition) is 0. The van der Waals surface area contributed by atoms with Gasteiger partial charge in [-0.15, -0.1) is 0 Å². The first-order valence-electron chi connectivity index (χ1n) is 5.97. The standard InChI is InChI=1S/C16H16F2/c1-11-7-13(3-5-15(11)9-17)14-4-6-16(10-18)12(2)8-14/h3-8H,9-10H2,1-2H3. The number of halogens is 2. The third-order valence-electron chi connectivity index (χ3n) is 3.31. The first-order chi connectivity index (χ1) is 8.65. The third-order valence-corrected chi connectivity index (χ3v) is 3.31. The maximum Gasteiger partial charge on any atom is 0.115 e. The van der Waals surface area contributed by atoms with E-state index < -0.39 is 13.3 Å². The Morgan fingerprint density at radius 2 is 1.11 bits per heavy atom. The minimum absolute atomic E-state index is 0.439. The highest BCUT2D eigenvalue weighted by Gasteiger charge is 2.04. The van der Waals surface area contributed by atoms with Crippen LogP contribution >= 0.6 is 0 Å². The first kappa shape index (κ1) is 12.7. The average molecular weight is 246 g/mol.